The van der Waals surface area contributed by atoms with Gasteiger partial charge < -0.3 is 46.0 Å². The van der Waals surface area contributed by atoms with Crippen LogP contribution in [0, 0.1) is 0 Å². The van der Waals surface area contributed by atoms with E-state index < -0.39 is 83.2 Å². The van der Waals surface area contributed by atoms with Crippen LogP contribution in [0.3, 0.4) is 0 Å². The van der Waals surface area contributed by atoms with Crippen LogP contribution in [0.1, 0.15) is 13.2 Å². The van der Waals surface area contributed by atoms with Crippen molar-refractivity contribution in [2.24, 2.45) is 0 Å². The van der Waals surface area contributed by atoms with E-state index in [4.69, 9.17) is 10.5 Å². The SMILES string of the molecule is CC1N[C@@H](COP(=O)(O)OP(=O)(O)OC[C@H]2O[C@@H](n3cnc4c(=O)[nH]c(N)nc43)C(O)C2O)C(O)[C@@H]1O. The summed E-state index contributed by atoms with van der Waals surface area (Å²) in [6, 6.07) is -1.51. The third-order valence-corrected chi connectivity index (χ3v) is 8.44. The fourth-order valence-electron chi connectivity index (χ4n) is 3.96. The van der Waals surface area contributed by atoms with Crippen molar-refractivity contribution in [3.8, 4) is 0 Å². The van der Waals surface area contributed by atoms with Gasteiger partial charge in [-0.15, -0.1) is 0 Å². The zero-order chi connectivity index (χ0) is 27.3. The van der Waals surface area contributed by atoms with Gasteiger partial charge in [0.15, 0.2) is 17.4 Å². The minimum atomic E-state index is -5.28. The molecule has 19 nitrogen and oxygen atoms in total. The van der Waals surface area contributed by atoms with Gasteiger partial charge in [0.1, 0.15) is 18.3 Å². The van der Waals surface area contributed by atoms with Crippen LogP contribution in [0.5, 0.6) is 0 Å². The molecule has 2 aliphatic rings. The predicted molar refractivity (Wildman–Crippen MR) is 120 cm³/mol. The Balaban J connectivity index is 1.36. The number of aromatic nitrogens is 4. The molecule has 21 heteroatoms. The summed E-state index contributed by atoms with van der Waals surface area (Å²) in [6.45, 7) is 0.00737. The number of anilines is 1. The molecule has 4 heterocycles. The Bertz CT molecular complexity index is 1290. The first-order valence-electron chi connectivity index (χ1n) is 10.7. The minimum absolute atomic E-state index is 0.0719. The summed E-state index contributed by atoms with van der Waals surface area (Å²) in [4.78, 5) is 41.6. The van der Waals surface area contributed by atoms with Crippen LogP contribution in [0.15, 0.2) is 11.1 Å². The van der Waals surface area contributed by atoms with Gasteiger partial charge >= 0.3 is 15.6 Å². The lowest BCUT2D eigenvalue weighted by atomic mass is 10.1. The van der Waals surface area contributed by atoms with Crippen molar-refractivity contribution >= 4 is 32.8 Å². The van der Waals surface area contributed by atoms with E-state index in [1.807, 2.05) is 0 Å². The zero-order valence-corrected chi connectivity index (χ0v) is 20.8. The Morgan fingerprint density at radius 2 is 1.73 bits per heavy atom. The second-order valence-corrected chi connectivity index (χ2v) is 11.5. The molecule has 0 spiro atoms. The molecule has 0 aliphatic carbocycles. The maximum atomic E-state index is 12.2. The number of nitrogens with zero attached hydrogens (tertiary/aromatic N) is 3. The normalized spacial score (nSPS) is 35.5. The van der Waals surface area contributed by atoms with Gasteiger partial charge in [0.25, 0.3) is 5.56 Å². The summed E-state index contributed by atoms with van der Waals surface area (Å²) < 4.78 is 44.4. The third-order valence-electron chi connectivity index (χ3n) is 5.84. The standard InChI is InChI=1S/C16H26N6O13P2/c1-5-9(23)10(24)6(19-5)2-32-36(28,29)35-37(30,31)33-3-7-11(25)12(26)15(34-7)22-4-18-8-13(22)20-16(17)21-14(8)27/h4-7,9-12,15,19,23-26H,2-3H2,1H3,(H,28,29)(H,30,31)(H3,17,20,21,27)/t5?,6-,7+,9+,10?,11?,12?,15+/m0/s1. The largest absolute Gasteiger partial charge is 0.481 e. The van der Waals surface area contributed by atoms with Crippen LogP contribution in [-0.4, -0.2) is 106 Å². The van der Waals surface area contributed by atoms with Gasteiger partial charge in [-0.3, -0.25) is 23.4 Å². The fraction of sp³-hybridized carbons (Fsp3) is 0.688. The quantitative estimate of drug-likeness (QED) is 0.133. The summed E-state index contributed by atoms with van der Waals surface area (Å²) in [5, 5.41) is 43.0. The van der Waals surface area contributed by atoms with E-state index in [0.717, 1.165) is 10.9 Å². The van der Waals surface area contributed by atoms with Gasteiger partial charge in [-0.25, -0.2) is 14.1 Å². The van der Waals surface area contributed by atoms with Gasteiger partial charge in [-0.2, -0.15) is 9.29 Å². The second-order valence-electron chi connectivity index (χ2n) is 8.47. The van der Waals surface area contributed by atoms with Crippen LogP contribution in [0.25, 0.3) is 11.2 Å². The van der Waals surface area contributed by atoms with E-state index in [2.05, 4.69) is 33.6 Å². The number of nitrogen functional groups attached to an aromatic ring is 1. The Morgan fingerprint density at radius 3 is 2.35 bits per heavy atom. The highest BCUT2D eigenvalue weighted by Gasteiger charge is 2.47. The van der Waals surface area contributed by atoms with Crippen molar-refractivity contribution in [3.05, 3.63) is 16.7 Å². The van der Waals surface area contributed by atoms with Crippen LogP contribution in [-0.2, 0) is 27.2 Å². The summed E-state index contributed by atoms with van der Waals surface area (Å²) in [7, 11) is -10.5. The molecule has 10 N–H and O–H groups in total. The number of nitrogens with one attached hydrogen (secondary N) is 2. The van der Waals surface area contributed by atoms with Gasteiger partial charge in [-0.05, 0) is 6.92 Å². The first-order chi connectivity index (χ1) is 17.2. The topological polar surface area (TPSA) is 294 Å². The van der Waals surface area contributed by atoms with E-state index in [0.29, 0.717) is 0 Å². The molecule has 2 saturated heterocycles. The summed E-state index contributed by atoms with van der Waals surface area (Å²) in [5.41, 5.74) is 4.67. The Hall–Kier alpha value is -1.83. The molecule has 0 aromatic carbocycles. The van der Waals surface area contributed by atoms with Gasteiger partial charge in [0, 0.05) is 6.04 Å². The number of aliphatic hydroxyl groups is 4. The molecule has 37 heavy (non-hydrogen) atoms. The molecular formula is C16H26N6O13P2. The van der Waals surface area contributed by atoms with Gasteiger partial charge in [0.2, 0.25) is 5.95 Å². The molecule has 0 amide bonds. The predicted octanol–water partition coefficient (Wildman–Crippen LogP) is -3.35. The Labute approximate surface area is 207 Å². The van der Waals surface area contributed by atoms with Crippen molar-refractivity contribution in [3.63, 3.8) is 0 Å². The van der Waals surface area contributed by atoms with Crippen LogP contribution < -0.4 is 16.6 Å². The highest BCUT2D eigenvalue weighted by Crippen LogP contribution is 2.60. The number of rotatable bonds is 9. The molecule has 2 fully saturated rings. The number of hydrogen-bond acceptors (Lipinski definition) is 15. The lowest BCUT2D eigenvalue weighted by Gasteiger charge is -2.21. The minimum Gasteiger partial charge on any atom is -0.389 e. The number of hydrogen-bond donors (Lipinski definition) is 9. The summed E-state index contributed by atoms with van der Waals surface area (Å²) in [6.07, 6.45) is -7.51. The van der Waals surface area contributed by atoms with Gasteiger partial charge in [-0.1, -0.05) is 0 Å². The lowest BCUT2D eigenvalue weighted by molar-refractivity contribution is -0.0504. The number of fused-ring (bicyclic) bond motifs is 1. The number of H-pyrrole nitrogens is 1. The maximum Gasteiger partial charge on any atom is 0.481 e. The average molecular weight is 572 g/mol. The molecule has 2 aromatic rings. The number of imidazole rings is 1. The molecule has 0 radical (unpaired) electrons. The number of aromatic amines is 1. The van der Waals surface area contributed by atoms with Crippen molar-refractivity contribution in [1.82, 2.24) is 24.8 Å². The van der Waals surface area contributed by atoms with Crippen molar-refractivity contribution < 1.29 is 57.4 Å². The van der Waals surface area contributed by atoms with Crippen LogP contribution >= 0.6 is 15.6 Å². The van der Waals surface area contributed by atoms with Crippen LogP contribution in [0.4, 0.5) is 5.95 Å². The Kier molecular flexibility index (Phi) is 7.91. The number of phosphoric ester groups is 2. The number of ether oxygens (including phenoxy) is 1. The number of phosphoric acid groups is 2. The highest BCUT2D eigenvalue weighted by atomic mass is 31.3. The maximum absolute atomic E-state index is 12.2. The molecule has 0 bridgehead atoms. The molecule has 2 aliphatic heterocycles. The molecule has 2 aromatic heterocycles. The molecule has 0 saturated carbocycles. The van der Waals surface area contributed by atoms with E-state index in [1.165, 1.54) is 0 Å². The lowest BCUT2D eigenvalue weighted by Crippen LogP contribution is -2.37. The fourth-order valence-corrected chi connectivity index (χ4v) is 6.07. The van der Waals surface area contributed by atoms with Crippen molar-refractivity contribution in [2.75, 3.05) is 18.9 Å². The van der Waals surface area contributed by atoms with E-state index in [9.17, 15) is 44.1 Å². The average Bonchev–Trinajstić information content (AvgIpc) is 3.41. The molecule has 208 valence electrons. The molecular weight excluding hydrogens is 546 g/mol. The summed E-state index contributed by atoms with van der Waals surface area (Å²) >= 11 is 0. The third kappa shape index (κ3) is 5.94. The first-order valence-corrected chi connectivity index (χ1v) is 13.7. The van der Waals surface area contributed by atoms with E-state index in [1.54, 1.807) is 6.92 Å². The van der Waals surface area contributed by atoms with Gasteiger partial charge in [0.05, 0.1) is 37.8 Å². The highest BCUT2D eigenvalue weighted by molar-refractivity contribution is 7.61. The van der Waals surface area contributed by atoms with Crippen molar-refractivity contribution in [1.29, 1.82) is 0 Å². The van der Waals surface area contributed by atoms with Crippen molar-refractivity contribution in [2.45, 2.75) is 55.8 Å². The smallest absolute Gasteiger partial charge is 0.389 e. The molecule has 6 unspecified atom stereocenters. The van der Waals surface area contributed by atoms with E-state index >= 15 is 0 Å². The monoisotopic (exact) mass is 572 g/mol. The molecule has 10 atom stereocenters. The second kappa shape index (κ2) is 10.4. The summed E-state index contributed by atoms with van der Waals surface area (Å²) in [5.74, 6) is -0.245. The Morgan fingerprint density at radius 1 is 1.08 bits per heavy atom. The van der Waals surface area contributed by atoms with E-state index in [-0.39, 0.29) is 17.1 Å². The van der Waals surface area contributed by atoms with Crippen LogP contribution in [0.2, 0.25) is 0 Å². The number of aliphatic hydroxyl groups excluding tert-OH is 4. The zero-order valence-electron chi connectivity index (χ0n) is 19.0. The first kappa shape index (κ1) is 28.2. The number of nitrogens with two attached hydrogens (primary N) is 1. The molecule has 4 rings (SSSR count).